The van der Waals surface area contributed by atoms with Crippen molar-refractivity contribution in [1.29, 1.82) is 0 Å². The maximum absolute atomic E-state index is 14.5. The minimum atomic E-state index is -1.09. The standard InChI is InChI=1S/C38H57N5O6/c1-12-18-26(29(45)33(47)39-22-13-2)40-32(46)27-25(38(10,11)14-3)21-23-43(27)34(48)31(37(7,8)9)42-35(49)41-30(36(4,5)6)28(44)24-19-16-15-17-20-24/h13-17,19-20,25-27,30-31H,2-3,12,18,21-23H2,1,4-11H3,(H,39,47)(H,40,46)(H2,41,42,49)/t25-,26?,27-,30?,31+/m0/s1. The third-order valence-electron chi connectivity index (χ3n) is 9.12. The summed E-state index contributed by atoms with van der Waals surface area (Å²) in [6.45, 7) is 24.5. The Balaban J connectivity index is 2.44. The summed E-state index contributed by atoms with van der Waals surface area (Å²) in [5, 5.41) is 10.9. The van der Waals surface area contributed by atoms with Crippen LogP contribution in [0.3, 0.4) is 0 Å². The molecule has 1 aliphatic rings. The number of urea groups is 1. The second-order valence-electron chi connectivity index (χ2n) is 15.6. The van der Waals surface area contributed by atoms with Gasteiger partial charge in [0.05, 0.1) is 12.1 Å². The Morgan fingerprint density at radius 1 is 0.878 bits per heavy atom. The van der Waals surface area contributed by atoms with Crippen molar-refractivity contribution in [2.75, 3.05) is 13.1 Å². The molecule has 5 atom stereocenters. The molecule has 1 aliphatic heterocycles. The second kappa shape index (κ2) is 16.9. The van der Waals surface area contributed by atoms with Crippen molar-refractivity contribution in [2.24, 2.45) is 22.2 Å². The molecule has 0 bridgehead atoms. The number of carbonyl (C=O) groups is 6. The van der Waals surface area contributed by atoms with Gasteiger partial charge in [0.2, 0.25) is 17.6 Å². The molecule has 1 heterocycles. The SMILES string of the molecule is C=CCNC(=O)C(=O)C(CCC)NC(=O)[C@@H]1[C@@H](C(C)(C)C=C)CCN1C(=O)[C@@H](NC(=O)NC(C(=O)c1ccccc1)C(C)(C)C)C(C)(C)C. The highest BCUT2D eigenvalue weighted by molar-refractivity contribution is 6.38. The lowest BCUT2D eigenvalue weighted by Gasteiger charge is -2.39. The van der Waals surface area contributed by atoms with Gasteiger partial charge in [0.25, 0.3) is 5.91 Å². The molecular formula is C38H57N5O6. The minimum Gasteiger partial charge on any atom is -0.346 e. The van der Waals surface area contributed by atoms with Crippen LogP contribution in [0.25, 0.3) is 0 Å². The normalized spacial score (nSPS) is 18.3. The van der Waals surface area contributed by atoms with Gasteiger partial charge < -0.3 is 26.2 Å². The first-order chi connectivity index (χ1) is 22.7. The molecule has 270 valence electrons. The van der Waals surface area contributed by atoms with E-state index in [1.807, 2.05) is 41.5 Å². The zero-order valence-electron chi connectivity index (χ0n) is 30.8. The lowest BCUT2D eigenvalue weighted by Crippen LogP contribution is -2.62. The highest BCUT2D eigenvalue weighted by Gasteiger charge is 2.50. The summed E-state index contributed by atoms with van der Waals surface area (Å²) in [6.07, 6.45) is 4.41. The molecule has 1 saturated heterocycles. The molecule has 0 aromatic heterocycles. The fourth-order valence-electron chi connectivity index (χ4n) is 6.08. The van der Waals surface area contributed by atoms with E-state index in [4.69, 9.17) is 0 Å². The molecule has 49 heavy (non-hydrogen) atoms. The topological polar surface area (TPSA) is 154 Å². The predicted octanol–water partition coefficient (Wildman–Crippen LogP) is 4.58. The van der Waals surface area contributed by atoms with E-state index in [-0.39, 0.29) is 31.2 Å². The number of rotatable bonds is 15. The first-order valence-electron chi connectivity index (χ1n) is 17.0. The van der Waals surface area contributed by atoms with Gasteiger partial charge in [0, 0.05) is 18.7 Å². The Morgan fingerprint density at radius 2 is 1.45 bits per heavy atom. The molecule has 0 aliphatic carbocycles. The number of carbonyl (C=O) groups excluding carboxylic acids is 6. The number of nitrogens with one attached hydrogen (secondary N) is 4. The van der Waals surface area contributed by atoms with Gasteiger partial charge in [-0.1, -0.05) is 111 Å². The summed E-state index contributed by atoms with van der Waals surface area (Å²) < 4.78 is 0. The van der Waals surface area contributed by atoms with Crippen LogP contribution >= 0.6 is 0 Å². The van der Waals surface area contributed by atoms with Crippen LogP contribution in [0, 0.1) is 22.2 Å². The largest absolute Gasteiger partial charge is 0.346 e. The zero-order chi connectivity index (χ0) is 37.3. The van der Waals surface area contributed by atoms with Gasteiger partial charge in [-0.2, -0.15) is 0 Å². The van der Waals surface area contributed by atoms with Crippen LogP contribution in [0.15, 0.2) is 55.6 Å². The first-order valence-corrected chi connectivity index (χ1v) is 17.0. The van der Waals surface area contributed by atoms with Gasteiger partial charge in [-0.05, 0) is 35.0 Å². The molecule has 0 radical (unpaired) electrons. The fraction of sp³-hybridized carbons (Fsp3) is 0.579. The number of hydrogen-bond donors (Lipinski definition) is 4. The Hall–Kier alpha value is -4.28. The number of Topliss-reactive ketones (excluding diaryl/α,β-unsaturated/α-hetero) is 2. The zero-order valence-corrected chi connectivity index (χ0v) is 30.8. The van der Waals surface area contributed by atoms with Crippen molar-refractivity contribution < 1.29 is 28.8 Å². The molecule has 2 unspecified atom stereocenters. The number of hydrogen-bond acceptors (Lipinski definition) is 6. The van der Waals surface area contributed by atoms with E-state index in [0.717, 1.165) is 0 Å². The number of nitrogens with zero attached hydrogens (tertiary/aromatic N) is 1. The summed E-state index contributed by atoms with van der Waals surface area (Å²) in [5.74, 6) is -3.28. The van der Waals surface area contributed by atoms with Gasteiger partial charge in [-0.3, -0.25) is 24.0 Å². The molecule has 0 saturated carbocycles. The average Bonchev–Trinajstić information content (AvgIpc) is 3.50. The average molecular weight is 680 g/mol. The van der Waals surface area contributed by atoms with E-state index in [2.05, 4.69) is 34.4 Å². The van der Waals surface area contributed by atoms with E-state index in [1.54, 1.807) is 57.2 Å². The van der Waals surface area contributed by atoms with E-state index in [0.29, 0.717) is 18.4 Å². The third kappa shape index (κ3) is 10.6. The van der Waals surface area contributed by atoms with E-state index >= 15 is 0 Å². The van der Waals surface area contributed by atoms with Gasteiger partial charge in [-0.15, -0.1) is 13.2 Å². The molecule has 5 amide bonds. The Morgan fingerprint density at radius 3 is 1.96 bits per heavy atom. The highest BCUT2D eigenvalue weighted by atomic mass is 16.2. The fourth-order valence-corrected chi connectivity index (χ4v) is 6.08. The maximum Gasteiger partial charge on any atom is 0.316 e. The van der Waals surface area contributed by atoms with Crippen molar-refractivity contribution in [2.45, 2.75) is 106 Å². The molecule has 1 fully saturated rings. The van der Waals surface area contributed by atoms with E-state index in [9.17, 15) is 28.8 Å². The second-order valence-corrected chi connectivity index (χ2v) is 15.6. The lowest BCUT2D eigenvalue weighted by atomic mass is 9.74. The lowest BCUT2D eigenvalue weighted by molar-refractivity contribution is -0.145. The van der Waals surface area contributed by atoms with Gasteiger partial charge in [0.1, 0.15) is 12.1 Å². The molecule has 4 N–H and O–H groups in total. The van der Waals surface area contributed by atoms with Gasteiger partial charge in [-0.25, -0.2) is 4.79 Å². The van der Waals surface area contributed by atoms with Crippen molar-refractivity contribution >= 4 is 35.3 Å². The Kier molecular flexibility index (Phi) is 14.1. The van der Waals surface area contributed by atoms with Gasteiger partial charge in [0.15, 0.2) is 5.78 Å². The van der Waals surface area contributed by atoms with Crippen LogP contribution < -0.4 is 21.3 Å². The summed E-state index contributed by atoms with van der Waals surface area (Å²) in [4.78, 5) is 82.8. The summed E-state index contributed by atoms with van der Waals surface area (Å²) in [7, 11) is 0. The van der Waals surface area contributed by atoms with Crippen LogP contribution in [0.4, 0.5) is 4.79 Å². The van der Waals surface area contributed by atoms with Crippen LogP contribution in [0.5, 0.6) is 0 Å². The number of likely N-dealkylation sites (tertiary alicyclic amines) is 1. The third-order valence-corrected chi connectivity index (χ3v) is 9.12. The number of benzene rings is 1. The first kappa shape index (κ1) is 40.9. The number of amides is 5. The molecule has 1 aromatic rings. The van der Waals surface area contributed by atoms with E-state index in [1.165, 1.54) is 11.0 Å². The molecule has 0 spiro atoms. The van der Waals surface area contributed by atoms with Crippen molar-refractivity contribution in [3.05, 3.63) is 61.2 Å². The van der Waals surface area contributed by atoms with Crippen LogP contribution in [0.2, 0.25) is 0 Å². The maximum atomic E-state index is 14.5. The van der Waals surface area contributed by atoms with Gasteiger partial charge >= 0.3 is 6.03 Å². The van der Waals surface area contributed by atoms with Crippen LogP contribution in [-0.2, 0) is 19.2 Å². The molecule has 1 aromatic carbocycles. The van der Waals surface area contributed by atoms with Crippen LogP contribution in [-0.4, -0.2) is 77.5 Å². The monoisotopic (exact) mass is 679 g/mol. The van der Waals surface area contributed by atoms with Crippen molar-refractivity contribution in [1.82, 2.24) is 26.2 Å². The predicted molar refractivity (Wildman–Crippen MR) is 192 cm³/mol. The summed E-state index contributed by atoms with van der Waals surface area (Å²) >= 11 is 0. The van der Waals surface area contributed by atoms with E-state index < -0.39 is 69.9 Å². The number of ketones is 2. The number of allylic oxidation sites excluding steroid dienone is 1. The smallest absolute Gasteiger partial charge is 0.316 e. The Labute approximate surface area is 292 Å². The van der Waals surface area contributed by atoms with Crippen molar-refractivity contribution in [3.63, 3.8) is 0 Å². The van der Waals surface area contributed by atoms with Crippen molar-refractivity contribution in [3.8, 4) is 0 Å². The summed E-state index contributed by atoms with van der Waals surface area (Å²) in [5.41, 5.74) is -1.58. The molecule has 11 nitrogen and oxygen atoms in total. The summed E-state index contributed by atoms with van der Waals surface area (Å²) in [6, 6.07) is 3.90. The quantitative estimate of drug-likeness (QED) is 0.121. The molecular weight excluding hydrogens is 622 g/mol. The molecule has 2 rings (SSSR count). The molecule has 11 heteroatoms. The Bertz CT molecular complexity index is 1390. The van der Waals surface area contributed by atoms with Crippen LogP contribution in [0.1, 0.15) is 91.9 Å². The minimum absolute atomic E-state index is 0.101. The highest BCUT2D eigenvalue weighted by Crippen LogP contribution is 2.41.